The van der Waals surface area contributed by atoms with Gasteiger partial charge in [0.05, 0.1) is 0 Å². The van der Waals surface area contributed by atoms with Gasteiger partial charge in [-0.3, -0.25) is 0 Å². The molecule has 1 atom stereocenters. The van der Waals surface area contributed by atoms with E-state index in [4.69, 9.17) is 0 Å². The van der Waals surface area contributed by atoms with Crippen LogP contribution in [0.4, 0.5) is 4.39 Å². The number of rotatable bonds is 2. The predicted octanol–water partition coefficient (Wildman–Crippen LogP) is 4.46. The quantitative estimate of drug-likeness (QED) is 0.861. The number of hydrogen-bond donors (Lipinski definition) is 1. The van der Waals surface area contributed by atoms with E-state index in [-0.39, 0.29) is 5.82 Å². The molecule has 0 amide bonds. The van der Waals surface area contributed by atoms with Crippen LogP contribution in [0.3, 0.4) is 0 Å². The van der Waals surface area contributed by atoms with Crippen LogP contribution < -0.4 is 5.32 Å². The first-order chi connectivity index (χ1) is 9.19. The Kier molecular flexibility index (Phi) is 3.42. The van der Waals surface area contributed by atoms with Crippen LogP contribution in [0.5, 0.6) is 0 Å². The van der Waals surface area contributed by atoms with Crippen molar-refractivity contribution in [1.29, 1.82) is 0 Å². The van der Waals surface area contributed by atoms with Crippen molar-refractivity contribution >= 4 is 15.9 Å². The normalized spacial score (nSPS) is 17.5. The zero-order chi connectivity index (χ0) is 13.4. The Morgan fingerprint density at radius 2 is 2.05 bits per heavy atom. The molecule has 2 aromatic carbocycles. The molecule has 0 saturated heterocycles. The van der Waals surface area contributed by atoms with Crippen molar-refractivity contribution in [3.63, 3.8) is 0 Å². The molecule has 3 rings (SSSR count). The molecule has 1 unspecified atom stereocenters. The fraction of sp³-hybridized carbons (Fsp3) is 0.250. The largest absolute Gasteiger partial charge is 0.313 e. The highest BCUT2D eigenvalue weighted by Crippen LogP contribution is 2.35. The summed E-state index contributed by atoms with van der Waals surface area (Å²) in [6, 6.07) is 11.8. The SMILES string of the molecule is CNC1CCc2cc(-c3cc(Br)ccc3F)ccc21. The molecule has 3 heteroatoms. The maximum atomic E-state index is 13.9. The van der Waals surface area contributed by atoms with Crippen molar-refractivity contribution in [3.8, 4) is 11.1 Å². The average Bonchev–Trinajstić information content (AvgIpc) is 2.83. The summed E-state index contributed by atoms with van der Waals surface area (Å²) in [5.41, 5.74) is 4.29. The Morgan fingerprint density at radius 1 is 1.21 bits per heavy atom. The molecule has 0 saturated carbocycles. The number of hydrogen-bond acceptors (Lipinski definition) is 1. The van der Waals surface area contributed by atoms with E-state index in [0.717, 1.165) is 22.9 Å². The summed E-state index contributed by atoms with van der Waals surface area (Å²) in [4.78, 5) is 0. The van der Waals surface area contributed by atoms with E-state index in [2.05, 4.69) is 33.4 Å². The van der Waals surface area contributed by atoms with Gasteiger partial charge in [-0.2, -0.15) is 0 Å². The van der Waals surface area contributed by atoms with E-state index in [0.29, 0.717) is 11.6 Å². The van der Waals surface area contributed by atoms with E-state index in [9.17, 15) is 4.39 Å². The van der Waals surface area contributed by atoms with Gasteiger partial charge in [-0.05, 0) is 54.8 Å². The first kappa shape index (κ1) is 12.8. The average molecular weight is 320 g/mol. The lowest BCUT2D eigenvalue weighted by molar-refractivity contribution is 0.590. The van der Waals surface area contributed by atoms with Crippen LogP contribution in [0.15, 0.2) is 40.9 Å². The van der Waals surface area contributed by atoms with Gasteiger partial charge < -0.3 is 5.32 Å². The second kappa shape index (κ2) is 5.06. The van der Waals surface area contributed by atoms with Gasteiger partial charge in [-0.15, -0.1) is 0 Å². The minimum absolute atomic E-state index is 0.175. The molecule has 98 valence electrons. The molecular weight excluding hydrogens is 305 g/mol. The van der Waals surface area contributed by atoms with Crippen molar-refractivity contribution in [2.45, 2.75) is 18.9 Å². The van der Waals surface area contributed by atoms with Gasteiger partial charge in [0.15, 0.2) is 0 Å². The summed E-state index contributed by atoms with van der Waals surface area (Å²) in [6.45, 7) is 0. The molecule has 1 nitrogen and oxygen atoms in total. The molecule has 0 spiro atoms. The van der Waals surface area contributed by atoms with E-state index in [1.54, 1.807) is 6.07 Å². The standard InChI is InChI=1S/C16H15BrFN/c1-19-16-7-3-10-8-11(2-5-13(10)16)14-9-12(17)4-6-15(14)18/h2,4-6,8-9,16,19H,3,7H2,1H3. The molecular formula is C16H15BrFN. The van der Waals surface area contributed by atoms with Crippen LogP contribution in [-0.4, -0.2) is 7.05 Å². The lowest BCUT2D eigenvalue weighted by atomic mass is 9.99. The lowest BCUT2D eigenvalue weighted by Gasteiger charge is -2.11. The third-order valence-corrected chi connectivity index (χ3v) is 4.30. The Bertz CT molecular complexity index is 624. The smallest absolute Gasteiger partial charge is 0.131 e. The summed E-state index contributed by atoms with van der Waals surface area (Å²) in [5, 5.41) is 3.32. The molecule has 1 aliphatic carbocycles. The van der Waals surface area contributed by atoms with Crippen LogP contribution in [0.1, 0.15) is 23.6 Å². The summed E-state index contributed by atoms with van der Waals surface area (Å²) < 4.78 is 14.8. The van der Waals surface area contributed by atoms with Crippen LogP contribution in [0.2, 0.25) is 0 Å². The molecule has 0 heterocycles. The fourth-order valence-electron chi connectivity index (χ4n) is 2.80. The molecule has 2 aromatic rings. The number of nitrogens with one attached hydrogen (secondary N) is 1. The Labute approximate surface area is 121 Å². The summed E-state index contributed by atoms with van der Waals surface area (Å²) in [6.07, 6.45) is 2.18. The molecule has 0 fully saturated rings. The van der Waals surface area contributed by atoms with E-state index in [1.807, 2.05) is 19.2 Å². The molecule has 0 aromatic heterocycles. The second-order valence-electron chi connectivity index (χ2n) is 4.92. The number of benzene rings is 2. The topological polar surface area (TPSA) is 12.0 Å². The molecule has 1 aliphatic rings. The molecule has 0 aliphatic heterocycles. The highest BCUT2D eigenvalue weighted by atomic mass is 79.9. The van der Waals surface area contributed by atoms with Crippen molar-refractivity contribution < 1.29 is 4.39 Å². The van der Waals surface area contributed by atoms with E-state index >= 15 is 0 Å². The van der Waals surface area contributed by atoms with Crippen LogP contribution >= 0.6 is 15.9 Å². The van der Waals surface area contributed by atoms with E-state index in [1.165, 1.54) is 17.2 Å². The van der Waals surface area contributed by atoms with Crippen molar-refractivity contribution in [1.82, 2.24) is 5.32 Å². The molecule has 0 radical (unpaired) electrons. The third kappa shape index (κ3) is 2.33. The fourth-order valence-corrected chi connectivity index (χ4v) is 3.16. The van der Waals surface area contributed by atoms with Crippen LogP contribution in [-0.2, 0) is 6.42 Å². The van der Waals surface area contributed by atoms with Gasteiger partial charge in [0.1, 0.15) is 5.82 Å². The minimum Gasteiger partial charge on any atom is -0.313 e. The molecule has 0 bridgehead atoms. The lowest BCUT2D eigenvalue weighted by Crippen LogP contribution is -2.12. The van der Waals surface area contributed by atoms with Gasteiger partial charge in [0.25, 0.3) is 0 Å². The van der Waals surface area contributed by atoms with E-state index < -0.39 is 0 Å². The van der Waals surface area contributed by atoms with Gasteiger partial charge in [0.2, 0.25) is 0 Å². The number of fused-ring (bicyclic) bond motifs is 1. The van der Waals surface area contributed by atoms with Crippen molar-refractivity contribution in [3.05, 3.63) is 57.8 Å². The Balaban J connectivity index is 2.06. The zero-order valence-corrected chi connectivity index (χ0v) is 12.3. The molecule has 1 N–H and O–H groups in total. The van der Waals surface area contributed by atoms with Gasteiger partial charge in [0, 0.05) is 16.1 Å². The Morgan fingerprint density at radius 3 is 2.84 bits per heavy atom. The second-order valence-corrected chi connectivity index (χ2v) is 5.83. The first-order valence-corrected chi connectivity index (χ1v) is 7.24. The van der Waals surface area contributed by atoms with Crippen LogP contribution in [0, 0.1) is 5.82 Å². The van der Waals surface area contributed by atoms with Crippen LogP contribution in [0.25, 0.3) is 11.1 Å². The van der Waals surface area contributed by atoms with Crippen molar-refractivity contribution in [2.75, 3.05) is 7.05 Å². The first-order valence-electron chi connectivity index (χ1n) is 6.44. The minimum atomic E-state index is -0.175. The van der Waals surface area contributed by atoms with Crippen molar-refractivity contribution in [2.24, 2.45) is 0 Å². The highest BCUT2D eigenvalue weighted by molar-refractivity contribution is 9.10. The monoisotopic (exact) mass is 319 g/mol. The summed E-state index contributed by atoms with van der Waals surface area (Å²) in [7, 11) is 1.99. The summed E-state index contributed by atoms with van der Waals surface area (Å²) in [5.74, 6) is -0.175. The van der Waals surface area contributed by atoms with Gasteiger partial charge in [-0.1, -0.05) is 34.1 Å². The third-order valence-electron chi connectivity index (χ3n) is 3.81. The van der Waals surface area contributed by atoms with Gasteiger partial charge >= 0.3 is 0 Å². The number of aryl methyl sites for hydroxylation is 1. The predicted molar refractivity (Wildman–Crippen MR) is 79.7 cm³/mol. The zero-order valence-electron chi connectivity index (χ0n) is 10.7. The maximum absolute atomic E-state index is 13.9. The van der Waals surface area contributed by atoms with Gasteiger partial charge in [-0.25, -0.2) is 4.39 Å². The maximum Gasteiger partial charge on any atom is 0.131 e. The highest BCUT2D eigenvalue weighted by Gasteiger charge is 2.21. The molecule has 19 heavy (non-hydrogen) atoms. The Hall–Kier alpha value is -1.19. The summed E-state index contributed by atoms with van der Waals surface area (Å²) >= 11 is 3.40. The number of halogens is 2.